The molecule has 1 saturated heterocycles. The SMILES string of the molecule is COc1cc2nc(C)nc(NC(C)c3cc(N)cc(C(F)(F)F)c3)c2cc1OC[C@@H]1CCCN1S(C)(=O)=O. The average molecular weight is 554 g/mol. The molecule has 3 aromatic rings. The van der Waals surface area contributed by atoms with Crippen molar-refractivity contribution in [2.45, 2.75) is 44.9 Å². The molecule has 1 unspecified atom stereocenters. The van der Waals surface area contributed by atoms with E-state index in [0.717, 1.165) is 18.6 Å². The molecule has 13 heteroatoms. The second-order valence-electron chi connectivity index (χ2n) is 9.37. The minimum atomic E-state index is -4.53. The fourth-order valence-electron chi connectivity index (χ4n) is 4.61. The monoisotopic (exact) mass is 553 g/mol. The minimum Gasteiger partial charge on any atom is -0.493 e. The highest BCUT2D eigenvalue weighted by atomic mass is 32.2. The lowest BCUT2D eigenvalue weighted by atomic mass is 10.0. The normalized spacial score (nSPS) is 17.5. The smallest absolute Gasteiger partial charge is 0.416 e. The van der Waals surface area contributed by atoms with E-state index in [0.29, 0.717) is 52.6 Å². The van der Waals surface area contributed by atoms with E-state index in [9.17, 15) is 21.6 Å². The van der Waals surface area contributed by atoms with Gasteiger partial charge in [0.15, 0.2) is 11.5 Å². The third-order valence-electron chi connectivity index (χ3n) is 6.43. The van der Waals surface area contributed by atoms with Crippen molar-refractivity contribution in [1.29, 1.82) is 0 Å². The number of sulfonamides is 1. The van der Waals surface area contributed by atoms with Gasteiger partial charge in [0.05, 0.1) is 36.5 Å². The van der Waals surface area contributed by atoms with Gasteiger partial charge in [-0.1, -0.05) is 0 Å². The Kier molecular flexibility index (Phi) is 7.62. The molecule has 0 bridgehead atoms. The number of nitrogens with zero attached hydrogens (tertiary/aromatic N) is 3. The van der Waals surface area contributed by atoms with Crippen molar-refractivity contribution < 1.29 is 31.1 Å². The van der Waals surface area contributed by atoms with E-state index in [-0.39, 0.29) is 18.3 Å². The van der Waals surface area contributed by atoms with Crippen molar-refractivity contribution >= 4 is 32.4 Å². The second kappa shape index (κ2) is 10.4. The predicted molar refractivity (Wildman–Crippen MR) is 139 cm³/mol. The Bertz CT molecular complexity index is 1450. The van der Waals surface area contributed by atoms with Gasteiger partial charge in [0, 0.05) is 23.7 Å². The van der Waals surface area contributed by atoms with Crippen molar-refractivity contribution in [3.05, 3.63) is 47.3 Å². The summed E-state index contributed by atoms with van der Waals surface area (Å²) in [7, 11) is -1.87. The number of hydrogen-bond donors (Lipinski definition) is 2. The van der Waals surface area contributed by atoms with Gasteiger partial charge in [-0.25, -0.2) is 18.4 Å². The van der Waals surface area contributed by atoms with Crippen molar-refractivity contribution in [2.75, 3.05) is 37.6 Å². The molecule has 206 valence electrons. The molecule has 0 amide bonds. The summed E-state index contributed by atoms with van der Waals surface area (Å²) >= 11 is 0. The zero-order valence-corrected chi connectivity index (χ0v) is 22.3. The Labute approximate surface area is 219 Å². The molecular weight excluding hydrogens is 523 g/mol. The first-order valence-corrected chi connectivity index (χ1v) is 13.8. The Morgan fingerprint density at radius 3 is 2.58 bits per heavy atom. The highest BCUT2D eigenvalue weighted by molar-refractivity contribution is 7.88. The lowest BCUT2D eigenvalue weighted by molar-refractivity contribution is -0.137. The molecule has 0 spiro atoms. The van der Waals surface area contributed by atoms with Crippen LogP contribution in [-0.4, -0.2) is 55.3 Å². The lowest BCUT2D eigenvalue weighted by Gasteiger charge is -2.23. The summed E-state index contributed by atoms with van der Waals surface area (Å²) in [5.41, 5.74) is 5.80. The second-order valence-corrected chi connectivity index (χ2v) is 11.3. The van der Waals surface area contributed by atoms with E-state index < -0.39 is 27.8 Å². The van der Waals surface area contributed by atoms with E-state index in [1.54, 1.807) is 26.0 Å². The first-order chi connectivity index (χ1) is 17.8. The summed E-state index contributed by atoms with van der Waals surface area (Å²) in [4.78, 5) is 8.94. The quantitative estimate of drug-likeness (QED) is 0.391. The average Bonchev–Trinajstić information content (AvgIpc) is 3.30. The number of alkyl halides is 3. The van der Waals surface area contributed by atoms with Crippen LogP contribution in [0.5, 0.6) is 11.5 Å². The Morgan fingerprint density at radius 1 is 1.18 bits per heavy atom. The molecule has 0 aliphatic carbocycles. The number of methoxy groups -OCH3 is 1. The summed E-state index contributed by atoms with van der Waals surface area (Å²) in [5, 5.41) is 3.74. The summed E-state index contributed by atoms with van der Waals surface area (Å²) < 4.78 is 77.1. The molecule has 1 aliphatic rings. The van der Waals surface area contributed by atoms with Crippen molar-refractivity contribution in [2.24, 2.45) is 0 Å². The van der Waals surface area contributed by atoms with E-state index in [2.05, 4.69) is 15.3 Å². The topological polar surface area (TPSA) is 120 Å². The van der Waals surface area contributed by atoms with Crippen LogP contribution in [0.3, 0.4) is 0 Å². The summed E-state index contributed by atoms with van der Waals surface area (Å²) in [5.74, 6) is 1.61. The molecule has 3 N–H and O–H groups in total. The number of ether oxygens (including phenoxy) is 2. The van der Waals surface area contributed by atoms with Gasteiger partial charge in [-0.15, -0.1) is 0 Å². The number of hydrogen-bond acceptors (Lipinski definition) is 8. The van der Waals surface area contributed by atoms with Gasteiger partial charge < -0.3 is 20.5 Å². The molecule has 2 atom stereocenters. The number of anilines is 2. The van der Waals surface area contributed by atoms with E-state index in [4.69, 9.17) is 15.2 Å². The first-order valence-electron chi connectivity index (χ1n) is 12.0. The third kappa shape index (κ3) is 6.04. The lowest BCUT2D eigenvalue weighted by Crippen LogP contribution is -2.38. The van der Waals surface area contributed by atoms with Gasteiger partial charge >= 0.3 is 6.18 Å². The number of nitrogens with one attached hydrogen (secondary N) is 1. The summed E-state index contributed by atoms with van der Waals surface area (Å²) in [6.07, 6.45) is -1.93. The molecule has 9 nitrogen and oxygen atoms in total. The zero-order valence-electron chi connectivity index (χ0n) is 21.5. The largest absolute Gasteiger partial charge is 0.493 e. The molecular formula is C25H30F3N5O4S. The van der Waals surface area contributed by atoms with Crippen molar-refractivity contribution in [3.63, 3.8) is 0 Å². The van der Waals surface area contributed by atoms with Crippen LogP contribution in [0.15, 0.2) is 30.3 Å². The minimum absolute atomic E-state index is 0.00248. The maximum absolute atomic E-state index is 13.3. The van der Waals surface area contributed by atoms with Gasteiger partial charge in [0.1, 0.15) is 18.2 Å². The molecule has 0 saturated carbocycles. The number of halogens is 3. The number of nitrogens with two attached hydrogens (primary N) is 1. The van der Waals surface area contributed by atoms with E-state index in [1.165, 1.54) is 23.7 Å². The first kappa shape index (κ1) is 27.7. The van der Waals surface area contributed by atoms with Gasteiger partial charge in [-0.3, -0.25) is 0 Å². The molecule has 2 heterocycles. The number of rotatable bonds is 8. The maximum atomic E-state index is 13.3. The van der Waals surface area contributed by atoms with Crippen LogP contribution in [0.4, 0.5) is 24.7 Å². The van der Waals surface area contributed by atoms with E-state index >= 15 is 0 Å². The third-order valence-corrected chi connectivity index (χ3v) is 7.76. The van der Waals surface area contributed by atoms with Gasteiger partial charge in [0.25, 0.3) is 0 Å². The Hall–Kier alpha value is -3.32. The molecule has 1 fully saturated rings. The number of nitrogen functional groups attached to an aromatic ring is 1. The van der Waals surface area contributed by atoms with Gasteiger partial charge in [0.2, 0.25) is 10.0 Å². The van der Waals surface area contributed by atoms with Crippen LogP contribution in [-0.2, 0) is 16.2 Å². The maximum Gasteiger partial charge on any atom is 0.416 e. The van der Waals surface area contributed by atoms with Crippen LogP contribution < -0.4 is 20.5 Å². The molecule has 1 aliphatic heterocycles. The zero-order chi connectivity index (χ0) is 27.8. The number of aryl methyl sites for hydroxylation is 1. The molecule has 0 radical (unpaired) electrons. The number of fused-ring (bicyclic) bond motifs is 1. The summed E-state index contributed by atoms with van der Waals surface area (Å²) in [6.45, 7) is 3.98. The fraction of sp³-hybridized carbons (Fsp3) is 0.440. The molecule has 38 heavy (non-hydrogen) atoms. The molecule has 1 aromatic heterocycles. The van der Waals surface area contributed by atoms with Crippen LogP contribution in [0, 0.1) is 6.92 Å². The van der Waals surface area contributed by atoms with Crippen molar-refractivity contribution in [1.82, 2.24) is 14.3 Å². The number of benzene rings is 2. The molecule has 2 aromatic carbocycles. The predicted octanol–water partition coefficient (Wildman–Crippen LogP) is 4.52. The molecule has 4 rings (SSSR count). The highest BCUT2D eigenvalue weighted by Crippen LogP contribution is 2.37. The Morgan fingerprint density at radius 2 is 1.92 bits per heavy atom. The van der Waals surface area contributed by atoms with Crippen LogP contribution >= 0.6 is 0 Å². The van der Waals surface area contributed by atoms with Gasteiger partial charge in [-0.05, 0) is 56.5 Å². The van der Waals surface area contributed by atoms with Crippen LogP contribution in [0.2, 0.25) is 0 Å². The van der Waals surface area contributed by atoms with Crippen molar-refractivity contribution in [3.8, 4) is 11.5 Å². The van der Waals surface area contributed by atoms with Gasteiger partial charge in [-0.2, -0.15) is 17.5 Å². The number of aromatic nitrogens is 2. The van der Waals surface area contributed by atoms with Crippen LogP contribution in [0.1, 0.15) is 42.8 Å². The highest BCUT2D eigenvalue weighted by Gasteiger charge is 2.33. The standard InChI is InChI=1S/C25H30F3N5O4S/c1-14(16-8-17(25(26,27)28)10-18(29)9-16)30-24-20-11-23(22(36-3)12-21(20)31-15(2)32-24)37-13-19-6-5-7-33(19)38(4,34)35/h8-12,14,19H,5-7,13,29H2,1-4H3,(H,30,31,32)/t14?,19-/m0/s1. The Balaban J connectivity index is 1.66. The summed E-state index contributed by atoms with van der Waals surface area (Å²) in [6, 6.07) is 5.91. The van der Waals surface area contributed by atoms with E-state index in [1.807, 2.05) is 0 Å². The van der Waals surface area contributed by atoms with Crippen LogP contribution in [0.25, 0.3) is 10.9 Å². The fourth-order valence-corrected chi connectivity index (χ4v) is 5.78.